The van der Waals surface area contributed by atoms with Gasteiger partial charge < -0.3 is 4.74 Å². The van der Waals surface area contributed by atoms with Crippen LogP contribution in [0.4, 0.5) is 0 Å². The van der Waals surface area contributed by atoms with E-state index in [1.165, 1.54) is 11.8 Å². The van der Waals surface area contributed by atoms with Crippen LogP contribution in [0.15, 0.2) is 59.8 Å². The molecule has 0 saturated carbocycles. The molecule has 0 bridgehead atoms. The first-order valence-corrected chi connectivity index (χ1v) is 10.8. The first-order chi connectivity index (χ1) is 13.1. The smallest absolute Gasteiger partial charge is 0.244 e. The third-order valence-corrected chi connectivity index (χ3v) is 7.36. The van der Waals surface area contributed by atoms with E-state index in [0.29, 0.717) is 32.2 Å². The van der Waals surface area contributed by atoms with E-state index in [9.17, 15) is 8.42 Å². The number of aromatic nitrogens is 1. The fraction of sp³-hybridized carbons (Fsp3) is 0.450. The van der Waals surface area contributed by atoms with Gasteiger partial charge in [0.2, 0.25) is 10.0 Å². The van der Waals surface area contributed by atoms with Crippen molar-refractivity contribution >= 4 is 10.0 Å². The van der Waals surface area contributed by atoms with Crippen LogP contribution in [-0.2, 0) is 21.3 Å². The fourth-order valence-electron chi connectivity index (χ4n) is 4.02. The van der Waals surface area contributed by atoms with Gasteiger partial charge in [0.05, 0.1) is 13.2 Å². The lowest BCUT2D eigenvalue weighted by Gasteiger charge is -2.41. The van der Waals surface area contributed by atoms with E-state index in [1.54, 1.807) is 22.6 Å². The monoisotopic (exact) mass is 387 g/mol. The molecule has 2 atom stereocenters. The Bertz CT molecular complexity index is 845. The zero-order valence-corrected chi connectivity index (χ0v) is 16.1. The molecule has 2 aliphatic heterocycles. The lowest BCUT2D eigenvalue weighted by molar-refractivity contribution is 0.0766. The molecule has 0 amide bonds. The van der Waals surface area contributed by atoms with Gasteiger partial charge in [-0.2, -0.15) is 4.31 Å². The summed E-state index contributed by atoms with van der Waals surface area (Å²) in [7, 11) is -3.52. The van der Waals surface area contributed by atoms with E-state index < -0.39 is 10.0 Å². The van der Waals surface area contributed by atoms with Crippen molar-refractivity contribution in [2.24, 2.45) is 5.92 Å². The molecule has 0 spiro atoms. The van der Waals surface area contributed by atoms with Gasteiger partial charge in [0.1, 0.15) is 4.90 Å². The summed E-state index contributed by atoms with van der Waals surface area (Å²) in [5.74, 6) is 0.358. The van der Waals surface area contributed by atoms with Gasteiger partial charge in [-0.05, 0) is 24.1 Å². The summed E-state index contributed by atoms with van der Waals surface area (Å²) >= 11 is 0. The number of ether oxygens (including phenoxy) is 1. The SMILES string of the molecule is O=S(=O)(c1cccnc1)N1CCC2COCCN(Cc3ccccc3)C2C1. The minimum Gasteiger partial charge on any atom is -0.380 e. The molecule has 1 aromatic carbocycles. The average molecular weight is 388 g/mol. The second kappa shape index (κ2) is 8.06. The van der Waals surface area contributed by atoms with Gasteiger partial charge in [0.25, 0.3) is 0 Å². The summed E-state index contributed by atoms with van der Waals surface area (Å²) in [6.45, 7) is 4.05. The fourth-order valence-corrected chi connectivity index (χ4v) is 5.46. The predicted molar refractivity (Wildman–Crippen MR) is 103 cm³/mol. The second-order valence-electron chi connectivity index (χ2n) is 7.20. The zero-order chi connectivity index (χ0) is 18.7. The maximum Gasteiger partial charge on any atom is 0.244 e. The van der Waals surface area contributed by atoms with Gasteiger partial charge in [0.15, 0.2) is 0 Å². The molecule has 0 radical (unpaired) electrons. The molecule has 2 aromatic rings. The Balaban J connectivity index is 1.56. The molecule has 4 rings (SSSR count). The van der Waals surface area contributed by atoms with Crippen molar-refractivity contribution in [3.63, 3.8) is 0 Å². The normalized spacial score (nSPS) is 24.9. The summed E-state index contributed by atoms with van der Waals surface area (Å²) in [5.41, 5.74) is 1.24. The number of piperidine rings is 1. The summed E-state index contributed by atoms with van der Waals surface area (Å²) in [6.07, 6.45) is 3.84. The van der Waals surface area contributed by atoms with E-state index in [1.807, 2.05) is 18.2 Å². The van der Waals surface area contributed by atoms with Crippen LogP contribution in [0.25, 0.3) is 0 Å². The molecule has 144 valence electrons. The Morgan fingerprint density at radius 3 is 2.74 bits per heavy atom. The third-order valence-electron chi connectivity index (χ3n) is 5.51. The molecular weight excluding hydrogens is 362 g/mol. The van der Waals surface area contributed by atoms with Gasteiger partial charge >= 0.3 is 0 Å². The number of pyridine rings is 1. The van der Waals surface area contributed by atoms with Crippen molar-refractivity contribution in [1.29, 1.82) is 0 Å². The molecule has 3 heterocycles. The average Bonchev–Trinajstić information content (AvgIpc) is 2.91. The minimum absolute atomic E-state index is 0.160. The first kappa shape index (κ1) is 18.6. The van der Waals surface area contributed by atoms with Crippen LogP contribution in [0.1, 0.15) is 12.0 Å². The highest BCUT2D eigenvalue weighted by Crippen LogP contribution is 2.29. The molecule has 0 N–H and O–H groups in total. The summed E-state index contributed by atoms with van der Waals surface area (Å²) in [4.78, 5) is 6.63. The number of hydrogen-bond donors (Lipinski definition) is 0. The number of fused-ring (bicyclic) bond motifs is 1. The number of sulfonamides is 1. The lowest BCUT2D eigenvalue weighted by Crippen LogP contribution is -2.54. The number of benzene rings is 1. The van der Waals surface area contributed by atoms with Crippen molar-refractivity contribution in [3.8, 4) is 0 Å². The van der Waals surface area contributed by atoms with Crippen molar-refractivity contribution < 1.29 is 13.2 Å². The third kappa shape index (κ3) is 4.06. The number of rotatable bonds is 4. The maximum absolute atomic E-state index is 13.0. The summed E-state index contributed by atoms with van der Waals surface area (Å²) in [5, 5.41) is 0. The topological polar surface area (TPSA) is 62.7 Å². The molecule has 2 saturated heterocycles. The van der Waals surface area contributed by atoms with Gasteiger partial charge in [-0.1, -0.05) is 30.3 Å². The maximum atomic E-state index is 13.0. The Labute approximate surface area is 160 Å². The van der Waals surface area contributed by atoms with Gasteiger partial charge in [-0.25, -0.2) is 8.42 Å². The Morgan fingerprint density at radius 2 is 1.96 bits per heavy atom. The van der Waals surface area contributed by atoms with E-state index in [4.69, 9.17) is 4.74 Å². The summed E-state index contributed by atoms with van der Waals surface area (Å²) < 4.78 is 33.5. The standard InChI is InChI=1S/C20H25N3O3S/c24-27(25,19-7-4-9-21-13-19)23-10-8-18-16-26-12-11-22(20(18)15-23)14-17-5-2-1-3-6-17/h1-7,9,13,18,20H,8,10-12,14-16H2. The summed E-state index contributed by atoms with van der Waals surface area (Å²) in [6, 6.07) is 13.8. The first-order valence-electron chi connectivity index (χ1n) is 9.40. The van der Waals surface area contributed by atoms with Crippen LogP contribution in [0.2, 0.25) is 0 Å². The quantitative estimate of drug-likeness (QED) is 0.803. The van der Waals surface area contributed by atoms with E-state index >= 15 is 0 Å². The molecule has 2 unspecified atom stereocenters. The predicted octanol–water partition coefficient (Wildman–Crippen LogP) is 1.99. The van der Waals surface area contributed by atoms with Crippen molar-refractivity contribution in [2.45, 2.75) is 23.9 Å². The zero-order valence-electron chi connectivity index (χ0n) is 15.3. The Hall–Kier alpha value is -1.80. The highest BCUT2D eigenvalue weighted by molar-refractivity contribution is 7.89. The molecule has 6 nitrogen and oxygen atoms in total. The van der Waals surface area contributed by atoms with Gasteiger partial charge in [-0.15, -0.1) is 0 Å². The van der Waals surface area contributed by atoms with Crippen LogP contribution >= 0.6 is 0 Å². The number of nitrogens with zero attached hydrogens (tertiary/aromatic N) is 3. The van der Waals surface area contributed by atoms with Crippen molar-refractivity contribution in [2.75, 3.05) is 32.8 Å². The second-order valence-corrected chi connectivity index (χ2v) is 9.14. The molecule has 7 heteroatoms. The van der Waals surface area contributed by atoms with Crippen LogP contribution in [-0.4, -0.2) is 61.5 Å². The van der Waals surface area contributed by atoms with E-state index in [0.717, 1.165) is 19.5 Å². The highest BCUT2D eigenvalue weighted by Gasteiger charge is 2.39. The molecular formula is C20H25N3O3S. The molecule has 1 aromatic heterocycles. The van der Waals surface area contributed by atoms with Crippen LogP contribution in [0, 0.1) is 5.92 Å². The van der Waals surface area contributed by atoms with E-state index in [-0.39, 0.29) is 10.9 Å². The highest BCUT2D eigenvalue weighted by atomic mass is 32.2. The van der Waals surface area contributed by atoms with Crippen molar-refractivity contribution in [1.82, 2.24) is 14.2 Å². The number of hydrogen-bond acceptors (Lipinski definition) is 5. The van der Waals surface area contributed by atoms with Gasteiger partial charge in [0, 0.05) is 50.5 Å². The largest absolute Gasteiger partial charge is 0.380 e. The van der Waals surface area contributed by atoms with Crippen LogP contribution in [0.3, 0.4) is 0 Å². The Kier molecular flexibility index (Phi) is 5.54. The minimum atomic E-state index is -3.52. The molecule has 0 aliphatic carbocycles. The van der Waals surface area contributed by atoms with Crippen molar-refractivity contribution in [3.05, 3.63) is 60.4 Å². The van der Waals surface area contributed by atoms with Crippen LogP contribution in [0.5, 0.6) is 0 Å². The lowest BCUT2D eigenvalue weighted by atomic mass is 9.92. The van der Waals surface area contributed by atoms with E-state index in [2.05, 4.69) is 22.0 Å². The van der Waals surface area contributed by atoms with Gasteiger partial charge in [-0.3, -0.25) is 9.88 Å². The molecule has 2 fully saturated rings. The van der Waals surface area contributed by atoms with Crippen LogP contribution < -0.4 is 0 Å². The molecule has 2 aliphatic rings. The molecule has 27 heavy (non-hydrogen) atoms. The Morgan fingerprint density at radius 1 is 1.11 bits per heavy atom.